The van der Waals surface area contributed by atoms with E-state index in [9.17, 15) is 0 Å². The minimum Gasteiger partial charge on any atom is -0.486 e. The van der Waals surface area contributed by atoms with Crippen molar-refractivity contribution in [2.75, 3.05) is 6.26 Å². The zero-order valence-electron chi connectivity index (χ0n) is 12.0. The van der Waals surface area contributed by atoms with Crippen LogP contribution in [0.3, 0.4) is 0 Å². The van der Waals surface area contributed by atoms with Crippen LogP contribution in [0, 0.1) is 0 Å². The SMILES string of the molecule is CSc1ccc(OCc2nc(-c3ccc(Cl)cc3)cs2)cc1. The third kappa shape index (κ3) is 3.83. The highest BCUT2D eigenvalue weighted by Gasteiger charge is 2.05. The summed E-state index contributed by atoms with van der Waals surface area (Å²) in [7, 11) is 0. The first-order chi connectivity index (χ1) is 10.7. The molecule has 3 rings (SSSR count). The Bertz CT molecular complexity index is 738. The number of thioether (sulfide) groups is 1. The predicted octanol–water partition coefficient (Wildman–Crippen LogP) is 5.76. The Morgan fingerprint density at radius 3 is 2.50 bits per heavy atom. The lowest BCUT2D eigenvalue weighted by Gasteiger charge is -2.04. The molecule has 1 aromatic heterocycles. The van der Waals surface area contributed by atoms with Gasteiger partial charge in [-0.3, -0.25) is 0 Å². The van der Waals surface area contributed by atoms with Crippen LogP contribution in [0.2, 0.25) is 5.02 Å². The van der Waals surface area contributed by atoms with E-state index in [0.29, 0.717) is 6.61 Å². The molecular weight excluding hydrogens is 334 g/mol. The monoisotopic (exact) mass is 347 g/mol. The van der Waals surface area contributed by atoms with Crippen LogP contribution in [0.15, 0.2) is 58.8 Å². The quantitative estimate of drug-likeness (QED) is 0.547. The van der Waals surface area contributed by atoms with E-state index >= 15 is 0 Å². The van der Waals surface area contributed by atoms with Crippen molar-refractivity contribution in [1.82, 2.24) is 4.98 Å². The van der Waals surface area contributed by atoms with Gasteiger partial charge in [-0.25, -0.2) is 4.98 Å². The van der Waals surface area contributed by atoms with Gasteiger partial charge in [0.15, 0.2) is 0 Å². The Morgan fingerprint density at radius 1 is 1.09 bits per heavy atom. The van der Waals surface area contributed by atoms with Gasteiger partial charge in [0, 0.05) is 20.9 Å². The van der Waals surface area contributed by atoms with E-state index < -0.39 is 0 Å². The molecule has 2 nitrogen and oxygen atoms in total. The lowest BCUT2D eigenvalue weighted by molar-refractivity contribution is 0.305. The molecule has 0 amide bonds. The standard InChI is InChI=1S/C17H14ClNOS2/c1-21-15-8-6-14(7-9-15)20-10-17-19-16(11-22-17)12-2-4-13(18)5-3-12/h2-9,11H,10H2,1H3. The number of ether oxygens (including phenoxy) is 1. The van der Waals surface area contributed by atoms with Crippen LogP contribution >= 0.6 is 34.7 Å². The van der Waals surface area contributed by atoms with Gasteiger partial charge in [0.25, 0.3) is 0 Å². The average Bonchev–Trinajstić information content (AvgIpc) is 3.03. The Balaban J connectivity index is 1.65. The molecule has 112 valence electrons. The van der Waals surface area contributed by atoms with Crippen LogP contribution < -0.4 is 4.74 Å². The van der Waals surface area contributed by atoms with Gasteiger partial charge in [-0.15, -0.1) is 23.1 Å². The molecule has 0 atom stereocenters. The predicted molar refractivity (Wildman–Crippen MR) is 95.1 cm³/mol. The third-order valence-electron chi connectivity index (χ3n) is 3.11. The first-order valence-corrected chi connectivity index (χ1v) is 9.20. The topological polar surface area (TPSA) is 22.1 Å². The minimum absolute atomic E-state index is 0.483. The molecule has 22 heavy (non-hydrogen) atoms. The summed E-state index contributed by atoms with van der Waals surface area (Å²) in [5, 5.41) is 3.73. The first-order valence-electron chi connectivity index (χ1n) is 6.72. The van der Waals surface area contributed by atoms with Crippen LogP contribution in [-0.2, 0) is 6.61 Å². The Labute approximate surface area is 143 Å². The fraction of sp³-hybridized carbons (Fsp3) is 0.118. The minimum atomic E-state index is 0.483. The van der Waals surface area contributed by atoms with Crippen LogP contribution in [0.5, 0.6) is 5.75 Å². The van der Waals surface area contributed by atoms with E-state index in [-0.39, 0.29) is 0 Å². The maximum Gasteiger partial charge on any atom is 0.140 e. The average molecular weight is 348 g/mol. The molecule has 0 aliphatic heterocycles. The molecule has 0 aliphatic carbocycles. The Hall–Kier alpha value is -1.49. The van der Waals surface area contributed by atoms with Crippen LogP contribution in [-0.4, -0.2) is 11.2 Å². The molecule has 2 aromatic carbocycles. The van der Waals surface area contributed by atoms with Gasteiger partial charge < -0.3 is 4.74 Å². The van der Waals surface area contributed by atoms with Gasteiger partial charge in [0.2, 0.25) is 0 Å². The molecule has 0 fully saturated rings. The molecule has 0 saturated heterocycles. The number of thiazole rings is 1. The fourth-order valence-corrected chi connectivity index (χ4v) is 3.20. The van der Waals surface area contributed by atoms with Crippen molar-refractivity contribution in [3.8, 4) is 17.0 Å². The summed E-state index contributed by atoms with van der Waals surface area (Å²) in [6, 6.07) is 15.8. The zero-order chi connectivity index (χ0) is 15.4. The van der Waals surface area contributed by atoms with Crippen molar-refractivity contribution in [2.24, 2.45) is 0 Å². The smallest absolute Gasteiger partial charge is 0.140 e. The van der Waals surface area contributed by atoms with Crippen LogP contribution in [0.4, 0.5) is 0 Å². The van der Waals surface area contributed by atoms with E-state index in [0.717, 1.165) is 27.0 Å². The number of rotatable bonds is 5. The Morgan fingerprint density at radius 2 is 1.82 bits per heavy atom. The van der Waals surface area contributed by atoms with Crippen LogP contribution in [0.1, 0.15) is 5.01 Å². The third-order valence-corrected chi connectivity index (χ3v) is 4.93. The largest absolute Gasteiger partial charge is 0.486 e. The van der Waals surface area contributed by atoms with E-state index in [2.05, 4.69) is 23.4 Å². The van der Waals surface area contributed by atoms with Gasteiger partial charge in [0.05, 0.1) is 5.69 Å². The van der Waals surface area contributed by atoms with Gasteiger partial charge >= 0.3 is 0 Å². The second-order valence-electron chi connectivity index (χ2n) is 4.60. The fourth-order valence-electron chi connectivity index (χ4n) is 1.95. The molecule has 1 heterocycles. The summed E-state index contributed by atoms with van der Waals surface area (Å²) in [5.41, 5.74) is 2.02. The maximum absolute atomic E-state index is 5.90. The highest BCUT2D eigenvalue weighted by molar-refractivity contribution is 7.98. The Kier molecular flexibility index (Phi) is 5.03. The summed E-state index contributed by atoms with van der Waals surface area (Å²) >= 11 is 9.23. The molecule has 0 radical (unpaired) electrons. The van der Waals surface area contributed by atoms with Crippen molar-refractivity contribution in [3.63, 3.8) is 0 Å². The number of hydrogen-bond donors (Lipinski definition) is 0. The highest BCUT2D eigenvalue weighted by atomic mass is 35.5. The van der Waals surface area contributed by atoms with Gasteiger partial charge in [-0.2, -0.15) is 0 Å². The molecule has 0 N–H and O–H groups in total. The number of benzene rings is 2. The van der Waals surface area contributed by atoms with Crippen LogP contribution in [0.25, 0.3) is 11.3 Å². The zero-order valence-corrected chi connectivity index (χ0v) is 14.3. The number of hydrogen-bond acceptors (Lipinski definition) is 4. The molecule has 0 unspecified atom stereocenters. The summed E-state index contributed by atoms with van der Waals surface area (Å²) in [6.07, 6.45) is 2.06. The molecule has 3 aromatic rings. The van der Waals surface area contributed by atoms with E-state index in [4.69, 9.17) is 16.3 Å². The number of halogens is 1. The molecular formula is C17H14ClNOS2. The maximum atomic E-state index is 5.90. The van der Waals surface area contributed by atoms with Crippen molar-refractivity contribution in [1.29, 1.82) is 0 Å². The lowest BCUT2D eigenvalue weighted by atomic mass is 10.2. The van der Waals surface area contributed by atoms with E-state index in [1.54, 1.807) is 23.1 Å². The van der Waals surface area contributed by atoms with Crippen molar-refractivity contribution in [2.45, 2.75) is 11.5 Å². The van der Waals surface area contributed by atoms with Crippen molar-refractivity contribution >= 4 is 34.7 Å². The number of nitrogens with zero attached hydrogens (tertiary/aromatic N) is 1. The molecule has 0 aliphatic rings. The van der Waals surface area contributed by atoms with Gasteiger partial charge in [0.1, 0.15) is 17.4 Å². The summed E-state index contributed by atoms with van der Waals surface area (Å²) in [4.78, 5) is 5.83. The molecule has 5 heteroatoms. The van der Waals surface area contributed by atoms with E-state index in [1.807, 2.05) is 41.8 Å². The second kappa shape index (κ2) is 7.18. The van der Waals surface area contributed by atoms with Gasteiger partial charge in [-0.05, 0) is 42.7 Å². The summed E-state index contributed by atoms with van der Waals surface area (Å²) < 4.78 is 5.78. The lowest BCUT2D eigenvalue weighted by Crippen LogP contribution is -1.94. The van der Waals surface area contributed by atoms with Crippen molar-refractivity contribution < 1.29 is 4.74 Å². The second-order valence-corrected chi connectivity index (χ2v) is 6.86. The van der Waals surface area contributed by atoms with E-state index in [1.165, 1.54) is 4.90 Å². The number of aromatic nitrogens is 1. The molecule has 0 bridgehead atoms. The molecule has 0 spiro atoms. The van der Waals surface area contributed by atoms with Gasteiger partial charge in [-0.1, -0.05) is 23.7 Å². The molecule has 0 saturated carbocycles. The first kappa shape index (κ1) is 15.4. The normalized spacial score (nSPS) is 10.6. The summed E-state index contributed by atoms with van der Waals surface area (Å²) in [5.74, 6) is 0.862. The highest BCUT2D eigenvalue weighted by Crippen LogP contribution is 2.25. The summed E-state index contributed by atoms with van der Waals surface area (Å²) in [6.45, 7) is 0.483. The van der Waals surface area contributed by atoms with Crippen molar-refractivity contribution in [3.05, 3.63) is 63.9 Å².